The summed E-state index contributed by atoms with van der Waals surface area (Å²) in [6.07, 6.45) is 1.69. The molecule has 0 aliphatic carbocycles. The molecule has 2 aromatic carbocycles. The van der Waals surface area contributed by atoms with E-state index < -0.39 is 5.97 Å². The van der Waals surface area contributed by atoms with Crippen LogP contribution < -0.4 is 9.47 Å². The van der Waals surface area contributed by atoms with Crippen molar-refractivity contribution >= 4 is 5.97 Å². The van der Waals surface area contributed by atoms with E-state index in [-0.39, 0.29) is 11.4 Å². The Kier molecular flexibility index (Phi) is 4.77. The van der Waals surface area contributed by atoms with Crippen molar-refractivity contribution in [2.24, 2.45) is 0 Å². The predicted octanol–water partition coefficient (Wildman–Crippen LogP) is 3.36. The van der Waals surface area contributed by atoms with Gasteiger partial charge in [0.1, 0.15) is 0 Å². The molecule has 6 heteroatoms. The van der Waals surface area contributed by atoms with Crippen LogP contribution in [0.2, 0.25) is 0 Å². The van der Waals surface area contributed by atoms with Crippen LogP contribution in [0.25, 0.3) is 5.69 Å². The van der Waals surface area contributed by atoms with Gasteiger partial charge in [0, 0.05) is 12.3 Å². The van der Waals surface area contributed by atoms with Crippen LogP contribution in [0.1, 0.15) is 23.0 Å². The highest BCUT2D eigenvalue weighted by Crippen LogP contribution is 2.29. The van der Waals surface area contributed by atoms with Gasteiger partial charge in [0.15, 0.2) is 17.2 Å². The first-order chi connectivity index (χ1) is 12.2. The first-order valence-electron chi connectivity index (χ1n) is 7.71. The van der Waals surface area contributed by atoms with Crippen molar-refractivity contribution in [1.29, 1.82) is 5.26 Å². The molecule has 0 saturated heterocycles. The third kappa shape index (κ3) is 3.67. The molecule has 3 rings (SSSR count). The molecule has 0 radical (unpaired) electrons. The van der Waals surface area contributed by atoms with Gasteiger partial charge in [-0.15, -0.1) is 0 Å². The number of benzene rings is 2. The Bertz CT molecular complexity index is 927. The molecular weight excluding hydrogens is 318 g/mol. The van der Waals surface area contributed by atoms with Crippen molar-refractivity contribution < 1.29 is 14.3 Å². The minimum absolute atomic E-state index is 0.177. The van der Waals surface area contributed by atoms with E-state index in [2.05, 4.69) is 5.10 Å². The summed E-state index contributed by atoms with van der Waals surface area (Å²) in [5.74, 6) is -0.00200. The fourth-order valence-corrected chi connectivity index (χ4v) is 2.24. The first kappa shape index (κ1) is 16.3. The van der Waals surface area contributed by atoms with E-state index in [1.54, 1.807) is 23.0 Å². The van der Waals surface area contributed by atoms with Crippen LogP contribution in [-0.2, 0) is 0 Å². The second-order valence-corrected chi connectivity index (χ2v) is 5.08. The van der Waals surface area contributed by atoms with E-state index in [9.17, 15) is 4.79 Å². The largest absolute Gasteiger partial charge is 0.490 e. The maximum atomic E-state index is 12.4. The van der Waals surface area contributed by atoms with Gasteiger partial charge in [0.2, 0.25) is 0 Å². The molecule has 0 bridgehead atoms. The van der Waals surface area contributed by atoms with Crippen LogP contribution in [0.4, 0.5) is 0 Å². The molecule has 0 fully saturated rings. The van der Waals surface area contributed by atoms with E-state index in [1.807, 2.05) is 43.3 Å². The highest BCUT2D eigenvalue weighted by atomic mass is 16.6. The highest BCUT2D eigenvalue weighted by Gasteiger charge is 2.16. The fraction of sp³-hybridized carbons (Fsp3) is 0.105. The third-order valence-electron chi connectivity index (χ3n) is 3.39. The minimum Gasteiger partial charge on any atom is -0.490 e. The van der Waals surface area contributed by atoms with Crippen LogP contribution in [0, 0.1) is 11.3 Å². The molecule has 0 atom stereocenters. The van der Waals surface area contributed by atoms with Crippen LogP contribution >= 0.6 is 0 Å². The minimum atomic E-state index is -0.597. The molecule has 1 heterocycles. The van der Waals surface area contributed by atoms with Crippen molar-refractivity contribution in [2.45, 2.75) is 6.92 Å². The van der Waals surface area contributed by atoms with Gasteiger partial charge in [-0.25, -0.2) is 9.48 Å². The summed E-state index contributed by atoms with van der Waals surface area (Å²) < 4.78 is 12.4. The quantitative estimate of drug-likeness (QED) is 0.528. The summed E-state index contributed by atoms with van der Waals surface area (Å²) in [5, 5.41) is 13.2. The van der Waals surface area contributed by atoms with Crippen LogP contribution in [0.15, 0.2) is 60.8 Å². The first-order valence-corrected chi connectivity index (χ1v) is 7.71. The highest BCUT2D eigenvalue weighted by molar-refractivity contribution is 5.89. The number of nitriles is 1. The van der Waals surface area contributed by atoms with Gasteiger partial charge in [-0.1, -0.05) is 18.2 Å². The summed E-state index contributed by atoms with van der Waals surface area (Å²) in [5.41, 5.74) is 1.45. The van der Waals surface area contributed by atoms with Crippen molar-refractivity contribution in [1.82, 2.24) is 9.78 Å². The fourth-order valence-electron chi connectivity index (χ4n) is 2.24. The summed E-state index contributed by atoms with van der Waals surface area (Å²) in [6, 6.07) is 17.7. The summed E-state index contributed by atoms with van der Waals surface area (Å²) in [4.78, 5) is 12.4. The Morgan fingerprint density at radius 2 is 1.96 bits per heavy atom. The van der Waals surface area contributed by atoms with Gasteiger partial charge < -0.3 is 9.47 Å². The topological polar surface area (TPSA) is 77.1 Å². The van der Waals surface area contributed by atoms with E-state index in [4.69, 9.17) is 14.7 Å². The number of aromatic nitrogens is 2. The zero-order chi connectivity index (χ0) is 17.6. The Balaban J connectivity index is 1.81. The molecule has 0 saturated carbocycles. The van der Waals surface area contributed by atoms with Gasteiger partial charge in [-0.05, 0) is 37.3 Å². The molecule has 0 aliphatic heterocycles. The maximum absolute atomic E-state index is 12.4. The molecule has 0 aliphatic rings. The molecule has 0 unspecified atom stereocenters. The molecule has 6 nitrogen and oxygen atoms in total. The number of esters is 1. The molecule has 3 aromatic rings. The molecule has 1 aromatic heterocycles. The Morgan fingerprint density at radius 1 is 1.16 bits per heavy atom. The van der Waals surface area contributed by atoms with Gasteiger partial charge in [-0.2, -0.15) is 10.4 Å². The summed E-state index contributed by atoms with van der Waals surface area (Å²) in [6.45, 7) is 2.20. The lowest BCUT2D eigenvalue weighted by atomic mass is 10.2. The van der Waals surface area contributed by atoms with E-state index in [0.29, 0.717) is 17.9 Å². The Hall–Kier alpha value is -3.59. The van der Waals surface area contributed by atoms with Gasteiger partial charge in [0.05, 0.1) is 23.9 Å². The predicted molar refractivity (Wildman–Crippen MR) is 90.8 cm³/mol. The monoisotopic (exact) mass is 333 g/mol. The number of hydrogen-bond donors (Lipinski definition) is 0. The SMILES string of the molecule is CCOc1cc(C#N)ccc1OC(=O)c1ccn(-c2ccccc2)n1. The number of ether oxygens (including phenoxy) is 2. The molecular formula is C19H15N3O3. The third-order valence-corrected chi connectivity index (χ3v) is 3.39. The summed E-state index contributed by atoms with van der Waals surface area (Å²) >= 11 is 0. The molecule has 124 valence electrons. The lowest BCUT2D eigenvalue weighted by Crippen LogP contribution is -2.11. The van der Waals surface area contributed by atoms with Gasteiger partial charge >= 0.3 is 5.97 Å². The van der Waals surface area contributed by atoms with Crippen LogP contribution in [0.3, 0.4) is 0 Å². The lowest BCUT2D eigenvalue weighted by Gasteiger charge is -2.10. The molecule has 0 N–H and O–H groups in total. The maximum Gasteiger partial charge on any atom is 0.364 e. The number of carbonyl (C=O) groups excluding carboxylic acids is 1. The van der Waals surface area contributed by atoms with E-state index in [0.717, 1.165) is 5.69 Å². The Labute approximate surface area is 144 Å². The Morgan fingerprint density at radius 3 is 2.68 bits per heavy atom. The zero-order valence-electron chi connectivity index (χ0n) is 13.5. The van der Waals surface area contributed by atoms with Gasteiger partial charge in [-0.3, -0.25) is 0 Å². The smallest absolute Gasteiger partial charge is 0.364 e. The normalized spacial score (nSPS) is 10.1. The average Bonchev–Trinajstić information content (AvgIpc) is 3.14. The van der Waals surface area contributed by atoms with Crippen molar-refractivity contribution in [3.63, 3.8) is 0 Å². The standard InChI is InChI=1S/C19H15N3O3/c1-2-24-18-12-14(13-20)8-9-17(18)25-19(23)16-10-11-22(21-16)15-6-4-3-5-7-15/h3-12H,2H2,1H3. The average molecular weight is 333 g/mol. The summed E-state index contributed by atoms with van der Waals surface area (Å²) in [7, 11) is 0. The number of carbonyl (C=O) groups is 1. The number of para-hydroxylation sites is 1. The lowest BCUT2D eigenvalue weighted by molar-refractivity contribution is 0.0721. The van der Waals surface area contributed by atoms with Gasteiger partial charge in [0.25, 0.3) is 0 Å². The second-order valence-electron chi connectivity index (χ2n) is 5.08. The number of nitrogens with zero attached hydrogens (tertiary/aromatic N) is 3. The van der Waals surface area contributed by atoms with Crippen molar-refractivity contribution in [2.75, 3.05) is 6.61 Å². The number of hydrogen-bond acceptors (Lipinski definition) is 5. The molecule has 0 spiro atoms. The number of rotatable bonds is 5. The van der Waals surface area contributed by atoms with Crippen LogP contribution in [-0.4, -0.2) is 22.4 Å². The zero-order valence-corrected chi connectivity index (χ0v) is 13.5. The van der Waals surface area contributed by atoms with Crippen molar-refractivity contribution in [3.8, 4) is 23.3 Å². The molecule has 25 heavy (non-hydrogen) atoms. The van der Waals surface area contributed by atoms with E-state index >= 15 is 0 Å². The second kappa shape index (κ2) is 7.32. The van der Waals surface area contributed by atoms with E-state index in [1.165, 1.54) is 12.1 Å². The van der Waals surface area contributed by atoms with Crippen LogP contribution in [0.5, 0.6) is 11.5 Å². The molecule has 0 amide bonds. The van der Waals surface area contributed by atoms with Crippen molar-refractivity contribution in [3.05, 3.63) is 72.1 Å².